The highest BCUT2D eigenvalue weighted by atomic mass is 19.4. The maximum atomic E-state index is 13.1. The van der Waals surface area contributed by atoms with E-state index in [-0.39, 0.29) is 16.8 Å². The molecule has 0 amide bonds. The van der Waals surface area contributed by atoms with Crippen LogP contribution >= 0.6 is 0 Å². The summed E-state index contributed by atoms with van der Waals surface area (Å²) in [5.41, 5.74) is -2.91. The van der Waals surface area contributed by atoms with Crippen molar-refractivity contribution in [1.82, 2.24) is 9.78 Å². The summed E-state index contributed by atoms with van der Waals surface area (Å²) >= 11 is 0. The minimum Gasteiger partial charge on any atom is -0.424 e. The van der Waals surface area contributed by atoms with Crippen LogP contribution in [0.15, 0.2) is 30.3 Å². The number of hydrogen-bond donors (Lipinski definition) is 0. The first kappa shape index (κ1) is 14.9. The highest BCUT2D eigenvalue weighted by Gasteiger charge is 2.43. The summed E-state index contributed by atoms with van der Waals surface area (Å²) in [7, 11) is 0. The number of rotatable bonds is 4. The second kappa shape index (κ2) is 5.51. The third kappa shape index (κ3) is 2.86. The summed E-state index contributed by atoms with van der Waals surface area (Å²) in [5, 5.41) is 3.23. The van der Waals surface area contributed by atoms with Crippen molar-refractivity contribution in [2.45, 2.75) is 12.6 Å². The quantitative estimate of drug-likeness (QED) is 0.642. The number of aromatic nitrogens is 2. The number of ether oxygens (including phenoxy) is 1. The van der Waals surface area contributed by atoms with Crippen molar-refractivity contribution < 1.29 is 31.5 Å². The standard InChI is InChI=1S/C12H7F5N2O2/c13-11(14)8-9(21-6-20)10(12(15,16)17)19(18-8)7-4-2-1-3-5-7/h1-6,11H. The Hall–Kier alpha value is -2.45. The van der Waals surface area contributed by atoms with E-state index in [1.54, 1.807) is 0 Å². The van der Waals surface area contributed by atoms with Gasteiger partial charge in [0.2, 0.25) is 0 Å². The van der Waals surface area contributed by atoms with Crippen molar-refractivity contribution in [3.05, 3.63) is 41.7 Å². The zero-order chi connectivity index (χ0) is 15.6. The highest BCUT2D eigenvalue weighted by molar-refractivity contribution is 5.51. The molecule has 2 aromatic rings. The molecule has 0 saturated carbocycles. The Morgan fingerprint density at radius 2 is 1.81 bits per heavy atom. The van der Waals surface area contributed by atoms with Crippen LogP contribution in [0, 0.1) is 0 Å². The van der Waals surface area contributed by atoms with Gasteiger partial charge in [0.15, 0.2) is 17.1 Å². The SMILES string of the molecule is O=COc1c(C(F)F)nn(-c2ccccc2)c1C(F)(F)F. The van der Waals surface area contributed by atoms with Crippen LogP contribution in [0.5, 0.6) is 5.75 Å². The molecule has 0 aliphatic rings. The van der Waals surface area contributed by atoms with Crippen LogP contribution in [-0.4, -0.2) is 16.3 Å². The number of carbonyl (C=O) groups is 1. The van der Waals surface area contributed by atoms with Crippen molar-refractivity contribution >= 4 is 6.47 Å². The Kier molecular flexibility index (Phi) is 3.92. The van der Waals surface area contributed by atoms with Crippen LogP contribution in [-0.2, 0) is 11.0 Å². The van der Waals surface area contributed by atoms with Crippen LogP contribution in [0.25, 0.3) is 5.69 Å². The average molecular weight is 306 g/mol. The van der Waals surface area contributed by atoms with Gasteiger partial charge in [0.05, 0.1) is 5.69 Å². The fraction of sp³-hybridized carbons (Fsp3) is 0.167. The monoisotopic (exact) mass is 306 g/mol. The lowest BCUT2D eigenvalue weighted by Gasteiger charge is -2.11. The zero-order valence-electron chi connectivity index (χ0n) is 10.1. The lowest BCUT2D eigenvalue weighted by molar-refractivity contribution is -0.144. The number of benzene rings is 1. The Morgan fingerprint density at radius 1 is 1.19 bits per heavy atom. The Morgan fingerprint density at radius 3 is 2.29 bits per heavy atom. The third-order valence-corrected chi connectivity index (χ3v) is 2.51. The fourth-order valence-corrected chi connectivity index (χ4v) is 1.73. The molecule has 0 unspecified atom stereocenters. The largest absolute Gasteiger partial charge is 0.437 e. The van der Waals surface area contributed by atoms with Crippen LogP contribution < -0.4 is 4.74 Å². The zero-order valence-corrected chi connectivity index (χ0v) is 10.1. The molecule has 0 N–H and O–H groups in total. The van der Waals surface area contributed by atoms with Gasteiger partial charge in [-0.2, -0.15) is 18.3 Å². The summed E-state index contributed by atoms with van der Waals surface area (Å²) in [6.45, 7) is -0.354. The Balaban J connectivity index is 2.75. The lowest BCUT2D eigenvalue weighted by Crippen LogP contribution is -2.14. The van der Waals surface area contributed by atoms with Gasteiger partial charge in [-0.05, 0) is 12.1 Å². The molecule has 112 valence electrons. The van der Waals surface area contributed by atoms with Gasteiger partial charge in [0, 0.05) is 0 Å². The summed E-state index contributed by atoms with van der Waals surface area (Å²) in [4.78, 5) is 10.3. The summed E-state index contributed by atoms with van der Waals surface area (Å²) in [5.74, 6) is -1.30. The first-order valence-corrected chi connectivity index (χ1v) is 5.50. The smallest absolute Gasteiger partial charge is 0.424 e. The number of alkyl halides is 5. The van der Waals surface area contributed by atoms with Crippen LogP contribution in [0.2, 0.25) is 0 Å². The molecule has 1 aromatic carbocycles. The number of nitrogens with zero attached hydrogens (tertiary/aromatic N) is 2. The minimum atomic E-state index is -5.03. The van der Waals surface area contributed by atoms with E-state index in [0.29, 0.717) is 0 Å². The first-order valence-electron chi connectivity index (χ1n) is 5.50. The fourth-order valence-electron chi connectivity index (χ4n) is 1.73. The summed E-state index contributed by atoms with van der Waals surface area (Å²) in [6.07, 6.45) is -8.36. The number of para-hydroxylation sites is 1. The second-order valence-corrected chi connectivity index (χ2v) is 3.82. The molecule has 0 aliphatic carbocycles. The van der Waals surface area contributed by atoms with Crippen molar-refractivity contribution in [2.75, 3.05) is 0 Å². The topological polar surface area (TPSA) is 44.1 Å². The summed E-state index contributed by atoms with van der Waals surface area (Å²) < 4.78 is 69.3. The second-order valence-electron chi connectivity index (χ2n) is 3.82. The van der Waals surface area contributed by atoms with Gasteiger partial charge < -0.3 is 4.74 Å². The molecule has 4 nitrogen and oxygen atoms in total. The van der Waals surface area contributed by atoms with E-state index in [1.807, 2.05) is 0 Å². The summed E-state index contributed by atoms with van der Waals surface area (Å²) in [6, 6.07) is 6.88. The van der Waals surface area contributed by atoms with E-state index >= 15 is 0 Å². The van der Waals surface area contributed by atoms with Gasteiger partial charge in [-0.1, -0.05) is 18.2 Å². The minimum absolute atomic E-state index is 0.0903. The molecular weight excluding hydrogens is 299 g/mol. The predicted octanol–water partition coefficient (Wildman–Crippen LogP) is 3.36. The average Bonchev–Trinajstić information content (AvgIpc) is 2.80. The van der Waals surface area contributed by atoms with Gasteiger partial charge in [0.1, 0.15) is 0 Å². The molecular formula is C12H7F5N2O2. The van der Waals surface area contributed by atoms with Crippen LogP contribution in [0.1, 0.15) is 17.8 Å². The van der Waals surface area contributed by atoms with E-state index in [4.69, 9.17) is 0 Å². The molecule has 1 heterocycles. The van der Waals surface area contributed by atoms with Crippen LogP contribution in [0.3, 0.4) is 0 Å². The molecule has 0 fully saturated rings. The normalized spacial score (nSPS) is 11.7. The lowest BCUT2D eigenvalue weighted by atomic mass is 10.3. The van der Waals surface area contributed by atoms with Gasteiger partial charge in [-0.3, -0.25) is 4.79 Å². The molecule has 0 atom stereocenters. The van der Waals surface area contributed by atoms with Crippen LogP contribution in [0.4, 0.5) is 22.0 Å². The van der Waals surface area contributed by atoms with Crippen molar-refractivity contribution in [3.63, 3.8) is 0 Å². The van der Waals surface area contributed by atoms with Gasteiger partial charge >= 0.3 is 6.18 Å². The maximum absolute atomic E-state index is 13.1. The van der Waals surface area contributed by atoms with Gasteiger partial charge in [-0.25, -0.2) is 13.5 Å². The molecule has 0 saturated heterocycles. The van der Waals surface area contributed by atoms with Crippen molar-refractivity contribution in [3.8, 4) is 11.4 Å². The Labute approximate surface area is 114 Å². The maximum Gasteiger partial charge on any atom is 0.437 e. The predicted molar refractivity (Wildman–Crippen MR) is 60.2 cm³/mol. The number of carbonyl (C=O) groups excluding carboxylic acids is 1. The molecule has 0 radical (unpaired) electrons. The van der Waals surface area contributed by atoms with E-state index in [2.05, 4.69) is 9.84 Å². The number of hydrogen-bond acceptors (Lipinski definition) is 3. The molecule has 0 spiro atoms. The third-order valence-electron chi connectivity index (χ3n) is 2.51. The van der Waals surface area contributed by atoms with E-state index in [1.165, 1.54) is 30.3 Å². The molecule has 0 aliphatic heterocycles. The first-order chi connectivity index (χ1) is 9.86. The van der Waals surface area contributed by atoms with Gasteiger partial charge in [-0.15, -0.1) is 0 Å². The van der Waals surface area contributed by atoms with Gasteiger partial charge in [0.25, 0.3) is 12.9 Å². The van der Waals surface area contributed by atoms with E-state index in [9.17, 15) is 26.7 Å². The molecule has 2 rings (SSSR count). The molecule has 1 aromatic heterocycles. The molecule has 9 heteroatoms. The number of halogens is 5. The molecule has 0 bridgehead atoms. The van der Waals surface area contributed by atoms with Crippen molar-refractivity contribution in [1.29, 1.82) is 0 Å². The van der Waals surface area contributed by atoms with E-state index < -0.39 is 29.7 Å². The van der Waals surface area contributed by atoms with Crippen molar-refractivity contribution in [2.24, 2.45) is 0 Å². The van der Waals surface area contributed by atoms with E-state index in [0.717, 1.165) is 0 Å². The highest BCUT2D eigenvalue weighted by Crippen LogP contribution is 2.42. The molecule has 21 heavy (non-hydrogen) atoms. The Bertz CT molecular complexity index is 637.